The number of carboxylic acids is 1. The smallest absolute Gasteiger partial charge is 0.460 e. The lowest BCUT2D eigenvalue weighted by atomic mass is 9.91. The third-order valence-corrected chi connectivity index (χ3v) is 4.13. The van der Waals surface area contributed by atoms with E-state index in [1.165, 1.54) is 0 Å². The first-order chi connectivity index (χ1) is 16.0. The standard InChI is InChI=1S/C13HF23O2/c14-1(2(15)5(18,19)8(24,25)11(30,31)12(32,33)13(34,35)36)4(16,17)7(22,23)10(28,29)9(26,27)6(20,21)3(37)38/h(H,37,38)/b2-1+. The van der Waals surface area contributed by atoms with Crippen molar-refractivity contribution in [1.82, 2.24) is 0 Å². The summed E-state index contributed by atoms with van der Waals surface area (Å²) in [5.41, 5.74) is 0. The summed E-state index contributed by atoms with van der Waals surface area (Å²) in [7, 11) is 0. The minimum absolute atomic E-state index is 4.51. The van der Waals surface area contributed by atoms with Gasteiger partial charge >= 0.3 is 65.4 Å². The Labute approximate surface area is 189 Å². The van der Waals surface area contributed by atoms with Crippen LogP contribution < -0.4 is 0 Å². The summed E-state index contributed by atoms with van der Waals surface area (Å²) in [5.74, 6) is -92.9. The zero-order valence-electron chi connectivity index (χ0n) is 16.0. The van der Waals surface area contributed by atoms with Crippen molar-refractivity contribution in [2.45, 2.75) is 59.5 Å². The minimum atomic E-state index is -8.81. The Balaban J connectivity index is 7.21. The fourth-order valence-corrected chi connectivity index (χ4v) is 1.85. The highest BCUT2D eigenvalue weighted by Gasteiger charge is 2.91. The van der Waals surface area contributed by atoms with Gasteiger partial charge in [0.25, 0.3) is 0 Å². The average molecular weight is 626 g/mol. The molecule has 0 aliphatic rings. The fourth-order valence-electron chi connectivity index (χ4n) is 1.85. The molecule has 0 aliphatic carbocycles. The lowest BCUT2D eigenvalue weighted by Crippen LogP contribution is -2.69. The molecule has 2 nitrogen and oxygen atoms in total. The maximum Gasteiger partial charge on any atom is 0.460 e. The quantitative estimate of drug-likeness (QED) is 0.255. The Morgan fingerprint density at radius 2 is 0.579 bits per heavy atom. The predicted molar refractivity (Wildman–Crippen MR) is 67.5 cm³/mol. The van der Waals surface area contributed by atoms with Gasteiger partial charge in [0.15, 0.2) is 0 Å². The van der Waals surface area contributed by atoms with Gasteiger partial charge in [-0.1, -0.05) is 0 Å². The topological polar surface area (TPSA) is 37.3 Å². The summed E-state index contributed by atoms with van der Waals surface area (Å²) in [6, 6.07) is 0. The molecule has 0 atom stereocenters. The second kappa shape index (κ2) is 8.81. The van der Waals surface area contributed by atoms with Gasteiger partial charge < -0.3 is 5.11 Å². The van der Waals surface area contributed by atoms with Gasteiger partial charge in [0, 0.05) is 0 Å². The molecule has 0 unspecified atom stereocenters. The fraction of sp³-hybridized carbons (Fsp3) is 0.769. The number of rotatable bonds is 10. The van der Waals surface area contributed by atoms with Crippen LogP contribution >= 0.6 is 0 Å². The van der Waals surface area contributed by atoms with Crippen molar-refractivity contribution in [3.63, 3.8) is 0 Å². The molecule has 0 saturated heterocycles. The lowest BCUT2D eigenvalue weighted by molar-refractivity contribution is -0.419. The highest BCUT2D eigenvalue weighted by molar-refractivity contribution is 5.77. The molecule has 38 heavy (non-hydrogen) atoms. The van der Waals surface area contributed by atoms with Gasteiger partial charge in [0.2, 0.25) is 11.7 Å². The monoisotopic (exact) mass is 626 g/mol. The van der Waals surface area contributed by atoms with E-state index in [4.69, 9.17) is 5.11 Å². The van der Waals surface area contributed by atoms with Crippen LogP contribution in [0, 0.1) is 0 Å². The summed E-state index contributed by atoms with van der Waals surface area (Å²) in [6.07, 6.45) is -7.98. The zero-order chi connectivity index (χ0) is 31.7. The second-order valence-corrected chi connectivity index (χ2v) is 6.60. The number of alkyl halides is 21. The Bertz CT molecular complexity index is 953. The highest BCUT2D eigenvalue weighted by Crippen LogP contribution is 2.62. The van der Waals surface area contributed by atoms with Crippen LogP contribution in [-0.4, -0.2) is 70.6 Å². The van der Waals surface area contributed by atoms with Crippen molar-refractivity contribution >= 4 is 5.97 Å². The van der Waals surface area contributed by atoms with Gasteiger partial charge in [-0.05, 0) is 0 Å². The highest BCUT2D eigenvalue weighted by atomic mass is 19.4. The Kier molecular flexibility index (Phi) is 8.25. The van der Waals surface area contributed by atoms with E-state index >= 15 is 0 Å². The first-order valence-electron chi connectivity index (χ1n) is 7.77. The van der Waals surface area contributed by atoms with Gasteiger partial charge in [0.1, 0.15) is 0 Å². The molecule has 0 saturated carbocycles. The molecule has 0 amide bonds. The molecule has 1 N–H and O–H groups in total. The molecule has 0 bridgehead atoms. The molecule has 0 radical (unpaired) electrons. The predicted octanol–water partition coefficient (Wildman–Crippen LogP) is 7.50. The molecule has 0 aromatic carbocycles. The molecular weight excluding hydrogens is 625 g/mol. The molecule has 0 rings (SSSR count). The maximum absolute atomic E-state index is 13.4. The summed E-state index contributed by atoms with van der Waals surface area (Å²) >= 11 is 0. The summed E-state index contributed by atoms with van der Waals surface area (Å²) in [6.45, 7) is 0. The largest absolute Gasteiger partial charge is 0.477 e. The van der Waals surface area contributed by atoms with Gasteiger partial charge in [-0.25, -0.2) is 13.6 Å². The number of aliphatic carboxylic acids is 1. The van der Waals surface area contributed by atoms with Crippen LogP contribution in [0.1, 0.15) is 0 Å². The summed E-state index contributed by atoms with van der Waals surface area (Å²) in [4.78, 5) is 9.89. The van der Waals surface area contributed by atoms with Crippen molar-refractivity contribution in [1.29, 1.82) is 0 Å². The van der Waals surface area contributed by atoms with Crippen LogP contribution in [-0.2, 0) is 4.79 Å². The summed E-state index contributed by atoms with van der Waals surface area (Å²) < 4.78 is 298. The van der Waals surface area contributed by atoms with Crippen molar-refractivity contribution < 1.29 is 111 Å². The average Bonchev–Trinajstić information content (AvgIpc) is 2.70. The number of carboxylic acid groups (broad SMARTS) is 1. The number of allylic oxidation sites excluding steroid dienone is 2. The van der Waals surface area contributed by atoms with Crippen LogP contribution in [0.3, 0.4) is 0 Å². The lowest BCUT2D eigenvalue weighted by Gasteiger charge is -2.39. The van der Waals surface area contributed by atoms with E-state index in [-0.39, 0.29) is 0 Å². The SMILES string of the molecule is O=C(O)C(F)(F)C(F)(F)C(F)(F)C(F)(F)C(F)(F)/C(F)=C(\F)C(F)(F)C(F)(F)C(F)(F)C(F)(F)C(F)(F)F. The van der Waals surface area contributed by atoms with E-state index in [1.54, 1.807) is 0 Å². The van der Waals surface area contributed by atoms with Crippen molar-refractivity contribution in [3.8, 4) is 0 Å². The Morgan fingerprint density at radius 3 is 0.789 bits per heavy atom. The van der Waals surface area contributed by atoms with Crippen LogP contribution in [0.15, 0.2) is 11.7 Å². The van der Waals surface area contributed by atoms with Gasteiger partial charge in [0.05, 0.1) is 0 Å². The van der Waals surface area contributed by atoms with Crippen LogP contribution in [0.2, 0.25) is 0 Å². The van der Waals surface area contributed by atoms with Crippen molar-refractivity contribution in [2.75, 3.05) is 0 Å². The van der Waals surface area contributed by atoms with E-state index in [1.807, 2.05) is 0 Å². The number of hydrogen-bond acceptors (Lipinski definition) is 1. The molecule has 0 aromatic rings. The van der Waals surface area contributed by atoms with Gasteiger partial charge in [-0.2, -0.15) is 92.2 Å². The van der Waals surface area contributed by atoms with Crippen LogP contribution in [0.4, 0.5) is 101 Å². The first-order valence-corrected chi connectivity index (χ1v) is 7.77. The zero-order valence-corrected chi connectivity index (χ0v) is 16.0. The molecule has 25 heteroatoms. The van der Waals surface area contributed by atoms with Gasteiger partial charge in [-0.15, -0.1) is 0 Å². The van der Waals surface area contributed by atoms with Crippen molar-refractivity contribution in [2.24, 2.45) is 0 Å². The second-order valence-electron chi connectivity index (χ2n) is 6.60. The van der Waals surface area contributed by atoms with E-state index in [0.29, 0.717) is 0 Å². The summed E-state index contributed by atoms with van der Waals surface area (Å²) in [5, 5.41) is 7.67. The Morgan fingerprint density at radius 1 is 0.368 bits per heavy atom. The minimum Gasteiger partial charge on any atom is -0.477 e. The van der Waals surface area contributed by atoms with Crippen molar-refractivity contribution in [3.05, 3.63) is 11.7 Å². The molecular formula is C13HF23O2. The molecule has 0 heterocycles. The molecule has 0 spiro atoms. The molecule has 0 aromatic heterocycles. The number of halogens is 23. The normalized spacial score (nSPS) is 16.9. The third kappa shape index (κ3) is 4.26. The molecule has 0 aliphatic heterocycles. The maximum atomic E-state index is 13.4. The van der Waals surface area contributed by atoms with Gasteiger partial charge in [-0.3, -0.25) is 0 Å². The van der Waals surface area contributed by atoms with E-state index in [2.05, 4.69) is 0 Å². The first kappa shape index (κ1) is 35.6. The molecule has 226 valence electrons. The number of carbonyl (C=O) groups is 1. The van der Waals surface area contributed by atoms with E-state index in [0.717, 1.165) is 0 Å². The van der Waals surface area contributed by atoms with Crippen LogP contribution in [0.25, 0.3) is 0 Å². The number of hydrogen-bond donors (Lipinski definition) is 1. The third-order valence-electron chi connectivity index (χ3n) is 4.13. The Hall–Kier alpha value is -2.40. The molecule has 0 fully saturated rings. The van der Waals surface area contributed by atoms with Crippen LogP contribution in [0.5, 0.6) is 0 Å². The van der Waals surface area contributed by atoms with E-state index < -0.39 is 77.1 Å². The van der Waals surface area contributed by atoms with E-state index in [9.17, 15) is 106 Å².